The maximum absolute atomic E-state index is 12.4. The van der Waals surface area contributed by atoms with Crippen LogP contribution in [0.1, 0.15) is 44.3 Å². The fourth-order valence-corrected chi connectivity index (χ4v) is 2.98. The third-order valence-electron chi connectivity index (χ3n) is 4.71. The van der Waals surface area contributed by atoms with Crippen LogP contribution in [-0.2, 0) is 9.53 Å². The Morgan fingerprint density at radius 2 is 1.40 bits per heavy atom. The van der Waals surface area contributed by atoms with Gasteiger partial charge in [-0.1, -0.05) is 60.2 Å². The van der Waals surface area contributed by atoms with Crippen molar-refractivity contribution in [2.24, 2.45) is 0 Å². The standard InChI is InChI=1S/C25H23NO4/c1-16-9-14-22(17(2)15-16)26-24(28)18(3)30-25(29)21-12-10-20(11-13-21)23(27)19-7-5-4-6-8-19/h4-15,18H,1-3H3,(H,26,28)/t18-/m1/s1. The average Bonchev–Trinajstić information content (AvgIpc) is 2.75. The number of esters is 1. The maximum Gasteiger partial charge on any atom is 0.338 e. The Hall–Kier alpha value is -3.73. The van der Waals surface area contributed by atoms with Crippen LogP contribution in [0.3, 0.4) is 0 Å². The van der Waals surface area contributed by atoms with Crippen LogP contribution in [0.25, 0.3) is 0 Å². The third-order valence-corrected chi connectivity index (χ3v) is 4.71. The Morgan fingerprint density at radius 1 is 0.800 bits per heavy atom. The van der Waals surface area contributed by atoms with E-state index in [-0.39, 0.29) is 11.3 Å². The van der Waals surface area contributed by atoms with E-state index in [2.05, 4.69) is 5.32 Å². The van der Waals surface area contributed by atoms with Gasteiger partial charge in [0.15, 0.2) is 11.9 Å². The van der Waals surface area contributed by atoms with E-state index >= 15 is 0 Å². The highest BCUT2D eigenvalue weighted by atomic mass is 16.5. The monoisotopic (exact) mass is 401 g/mol. The number of rotatable bonds is 6. The van der Waals surface area contributed by atoms with Gasteiger partial charge in [0.2, 0.25) is 0 Å². The molecule has 0 saturated heterocycles. The molecule has 3 aromatic carbocycles. The molecular weight excluding hydrogens is 378 g/mol. The zero-order valence-electron chi connectivity index (χ0n) is 17.1. The summed E-state index contributed by atoms with van der Waals surface area (Å²) < 4.78 is 5.28. The first-order chi connectivity index (χ1) is 14.3. The Balaban J connectivity index is 1.62. The van der Waals surface area contributed by atoms with Gasteiger partial charge in [-0.15, -0.1) is 0 Å². The largest absolute Gasteiger partial charge is 0.449 e. The van der Waals surface area contributed by atoms with Crippen molar-refractivity contribution >= 4 is 23.3 Å². The average molecular weight is 401 g/mol. The Labute approximate surface area is 175 Å². The summed E-state index contributed by atoms with van der Waals surface area (Å²) in [5, 5.41) is 2.78. The molecule has 0 radical (unpaired) electrons. The summed E-state index contributed by atoms with van der Waals surface area (Å²) in [6.07, 6.45) is -0.969. The number of anilines is 1. The van der Waals surface area contributed by atoms with Crippen LogP contribution in [0.15, 0.2) is 72.8 Å². The topological polar surface area (TPSA) is 72.5 Å². The normalized spacial score (nSPS) is 11.4. The molecule has 0 aliphatic carbocycles. The van der Waals surface area contributed by atoms with E-state index in [1.807, 2.05) is 38.1 Å². The first-order valence-electron chi connectivity index (χ1n) is 9.64. The molecule has 0 spiro atoms. The van der Waals surface area contributed by atoms with E-state index in [0.717, 1.165) is 11.1 Å². The van der Waals surface area contributed by atoms with Gasteiger partial charge in [0.1, 0.15) is 0 Å². The van der Waals surface area contributed by atoms with Crippen molar-refractivity contribution in [2.75, 3.05) is 5.32 Å². The number of ketones is 1. The quantitative estimate of drug-likeness (QED) is 0.479. The van der Waals surface area contributed by atoms with Gasteiger partial charge in [0.25, 0.3) is 5.91 Å². The molecule has 0 saturated carbocycles. The van der Waals surface area contributed by atoms with Crippen molar-refractivity contribution in [1.82, 2.24) is 0 Å². The van der Waals surface area contributed by atoms with E-state index in [1.165, 1.54) is 19.1 Å². The number of aryl methyl sites for hydroxylation is 2. The Morgan fingerprint density at radius 3 is 2.03 bits per heavy atom. The van der Waals surface area contributed by atoms with E-state index in [4.69, 9.17) is 4.74 Å². The van der Waals surface area contributed by atoms with Crippen molar-refractivity contribution in [3.8, 4) is 0 Å². The van der Waals surface area contributed by atoms with Crippen molar-refractivity contribution in [3.63, 3.8) is 0 Å². The summed E-state index contributed by atoms with van der Waals surface area (Å²) in [5.74, 6) is -1.17. The van der Waals surface area contributed by atoms with Crippen molar-refractivity contribution in [2.45, 2.75) is 26.9 Å². The van der Waals surface area contributed by atoms with Gasteiger partial charge in [-0.3, -0.25) is 9.59 Å². The molecule has 1 amide bonds. The van der Waals surface area contributed by atoms with Crippen LogP contribution in [0.2, 0.25) is 0 Å². The summed E-state index contributed by atoms with van der Waals surface area (Å²) in [7, 11) is 0. The van der Waals surface area contributed by atoms with Gasteiger partial charge in [-0.2, -0.15) is 0 Å². The van der Waals surface area contributed by atoms with Crippen molar-refractivity contribution in [3.05, 3.63) is 101 Å². The lowest BCUT2D eigenvalue weighted by molar-refractivity contribution is -0.123. The number of ether oxygens (including phenoxy) is 1. The highest BCUT2D eigenvalue weighted by Gasteiger charge is 2.20. The molecule has 0 fully saturated rings. The van der Waals surface area contributed by atoms with Gasteiger partial charge in [-0.05, 0) is 44.5 Å². The first-order valence-corrected chi connectivity index (χ1v) is 9.64. The molecule has 0 aliphatic rings. The van der Waals surface area contributed by atoms with Crippen molar-refractivity contribution < 1.29 is 19.1 Å². The van der Waals surface area contributed by atoms with Gasteiger partial charge < -0.3 is 10.1 Å². The van der Waals surface area contributed by atoms with Crippen LogP contribution in [0, 0.1) is 13.8 Å². The van der Waals surface area contributed by atoms with Crippen LogP contribution >= 0.6 is 0 Å². The number of carbonyl (C=O) groups excluding carboxylic acids is 3. The van der Waals surface area contributed by atoms with Gasteiger partial charge in [0.05, 0.1) is 5.56 Å². The minimum atomic E-state index is -0.969. The highest BCUT2D eigenvalue weighted by Crippen LogP contribution is 2.17. The summed E-state index contributed by atoms with van der Waals surface area (Å²) >= 11 is 0. The fourth-order valence-electron chi connectivity index (χ4n) is 2.98. The number of hydrogen-bond acceptors (Lipinski definition) is 4. The van der Waals surface area contributed by atoms with E-state index in [9.17, 15) is 14.4 Å². The SMILES string of the molecule is Cc1ccc(NC(=O)[C@@H](C)OC(=O)c2ccc(C(=O)c3ccccc3)cc2)c(C)c1. The first kappa shape index (κ1) is 21.0. The molecule has 1 N–H and O–H groups in total. The summed E-state index contributed by atoms with van der Waals surface area (Å²) in [5.41, 5.74) is 4.02. The molecule has 3 aromatic rings. The zero-order valence-corrected chi connectivity index (χ0v) is 17.1. The fraction of sp³-hybridized carbons (Fsp3) is 0.160. The molecule has 0 aromatic heterocycles. The second-order valence-corrected chi connectivity index (χ2v) is 7.13. The van der Waals surface area contributed by atoms with Crippen LogP contribution in [0.5, 0.6) is 0 Å². The number of hydrogen-bond donors (Lipinski definition) is 1. The second-order valence-electron chi connectivity index (χ2n) is 7.13. The van der Waals surface area contributed by atoms with Gasteiger partial charge in [-0.25, -0.2) is 4.79 Å². The van der Waals surface area contributed by atoms with Crippen LogP contribution in [0.4, 0.5) is 5.69 Å². The summed E-state index contributed by atoms with van der Waals surface area (Å²) in [6, 6.07) is 20.8. The second kappa shape index (κ2) is 9.18. The van der Waals surface area contributed by atoms with Crippen LogP contribution < -0.4 is 5.32 Å². The maximum atomic E-state index is 12.4. The molecule has 5 nitrogen and oxygen atoms in total. The van der Waals surface area contributed by atoms with Gasteiger partial charge in [0, 0.05) is 16.8 Å². The number of benzene rings is 3. The van der Waals surface area contributed by atoms with Crippen LogP contribution in [-0.4, -0.2) is 23.8 Å². The minimum absolute atomic E-state index is 0.128. The van der Waals surface area contributed by atoms with E-state index in [0.29, 0.717) is 16.8 Å². The Kier molecular flexibility index (Phi) is 6.42. The predicted molar refractivity (Wildman–Crippen MR) is 116 cm³/mol. The molecule has 0 aliphatic heterocycles. The molecular formula is C25H23NO4. The smallest absolute Gasteiger partial charge is 0.338 e. The van der Waals surface area contributed by atoms with E-state index in [1.54, 1.807) is 36.4 Å². The summed E-state index contributed by atoms with van der Waals surface area (Å²) in [6.45, 7) is 5.39. The molecule has 0 unspecified atom stereocenters. The Bertz CT molecular complexity index is 1070. The number of amides is 1. The predicted octanol–water partition coefficient (Wildman–Crippen LogP) is 4.72. The lowest BCUT2D eigenvalue weighted by Gasteiger charge is -2.15. The molecule has 0 heterocycles. The van der Waals surface area contributed by atoms with E-state index < -0.39 is 18.0 Å². The molecule has 30 heavy (non-hydrogen) atoms. The lowest BCUT2D eigenvalue weighted by Crippen LogP contribution is -2.30. The molecule has 3 rings (SSSR count). The lowest BCUT2D eigenvalue weighted by atomic mass is 10.0. The van der Waals surface area contributed by atoms with Gasteiger partial charge >= 0.3 is 5.97 Å². The summed E-state index contributed by atoms with van der Waals surface area (Å²) in [4.78, 5) is 37.2. The number of nitrogens with one attached hydrogen (secondary N) is 1. The molecule has 5 heteroatoms. The van der Waals surface area contributed by atoms with Crippen molar-refractivity contribution in [1.29, 1.82) is 0 Å². The number of carbonyl (C=O) groups is 3. The zero-order chi connectivity index (χ0) is 21.7. The third kappa shape index (κ3) is 5.00. The molecule has 152 valence electrons. The highest BCUT2D eigenvalue weighted by molar-refractivity contribution is 6.09. The molecule has 0 bridgehead atoms. The minimum Gasteiger partial charge on any atom is -0.449 e. The molecule has 1 atom stereocenters.